The summed E-state index contributed by atoms with van der Waals surface area (Å²) in [4.78, 5) is 19.0. The molecule has 2 rings (SSSR count). The van der Waals surface area contributed by atoms with Gasteiger partial charge in [-0.3, -0.25) is 0 Å². The summed E-state index contributed by atoms with van der Waals surface area (Å²) in [7, 11) is 0. The van der Waals surface area contributed by atoms with Crippen molar-refractivity contribution in [2.24, 2.45) is 0 Å². The molecule has 0 fully saturated rings. The number of aromatic carboxylic acids is 1. The summed E-state index contributed by atoms with van der Waals surface area (Å²) in [6.45, 7) is 2.00. The van der Waals surface area contributed by atoms with Crippen LogP contribution in [-0.4, -0.2) is 17.9 Å². The van der Waals surface area contributed by atoms with Gasteiger partial charge in [0, 0.05) is 0 Å². The lowest BCUT2D eigenvalue weighted by molar-refractivity contribution is -0.0980. The minimum absolute atomic E-state index is 0.337. The van der Waals surface area contributed by atoms with E-state index >= 15 is 0 Å². The number of carboxylic acids is 1. The second-order valence-electron chi connectivity index (χ2n) is 3.22. The van der Waals surface area contributed by atoms with Gasteiger partial charge < -0.3 is 9.90 Å². The first-order chi connectivity index (χ1) is 8.29. The molecule has 0 saturated heterocycles. The smallest absolute Gasteiger partial charge is 0.336 e. The van der Waals surface area contributed by atoms with E-state index in [1.807, 2.05) is 49.3 Å². The van der Waals surface area contributed by atoms with Gasteiger partial charge in [0.05, 0.1) is 5.56 Å². The SMILES string of the molecule is C=O.O=C(O)c1ccccc1-c1ccccc1. The highest BCUT2D eigenvalue weighted by Gasteiger charge is 2.09. The molecule has 0 spiro atoms. The Morgan fingerprint density at radius 1 is 0.882 bits per heavy atom. The van der Waals surface area contributed by atoms with Gasteiger partial charge >= 0.3 is 5.97 Å². The van der Waals surface area contributed by atoms with E-state index in [1.165, 1.54) is 0 Å². The van der Waals surface area contributed by atoms with Gasteiger partial charge in [-0.15, -0.1) is 0 Å². The van der Waals surface area contributed by atoms with E-state index in [0.717, 1.165) is 11.1 Å². The number of hydrogen-bond acceptors (Lipinski definition) is 2. The van der Waals surface area contributed by atoms with Crippen molar-refractivity contribution in [2.75, 3.05) is 0 Å². The maximum absolute atomic E-state index is 11.0. The van der Waals surface area contributed by atoms with Gasteiger partial charge in [-0.05, 0) is 17.2 Å². The highest BCUT2D eigenvalue weighted by molar-refractivity contribution is 5.95. The average molecular weight is 228 g/mol. The van der Waals surface area contributed by atoms with Gasteiger partial charge in [-0.25, -0.2) is 4.79 Å². The van der Waals surface area contributed by atoms with E-state index < -0.39 is 5.97 Å². The van der Waals surface area contributed by atoms with Crippen molar-refractivity contribution in [3.63, 3.8) is 0 Å². The molecule has 0 atom stereocenters. The molecule has 0 bridgehead atoms. The Hall–Kier alpha value is -2.42. The van der Waals surface area contributed by atoms with Crippen molar-refractivity contribution >= 4 is 12.8 Å². The molecule has 0 aliphatic carbocycles. The number of rotatable bonds is 2. The molecule has 0 aliphatic rings. The van der Waals surface area contributed by atoms with Crippen LogP contribution in [0.25, 0.3) is 11.1 Å². The van der Waals surface area contributed by atoms with Gasteiger partial charge in [0.25, 0.3) is 0 Å². The summed E-state index contributed by atoms with van der Waals surface area (Å²) in [5.41, 5.74) is 2.02. The third kappa shape index (κ3) is 3.01. The van der Waals surface area contributed by atoms with E-state index in [4.69, 9.17) is 9.90 Å². The van der Waals surface area contributed by atoms with Crippen LogP contribution in [-0.2, 0) is 4.79 Å². The highest BCUT2D eigenvalue weighted by Crippen LogP contribution is 2.22. The molecule has 0 aromatic heterocycles. The molecule has 2 aromatic rings. The minimum atomic E-state index is -0.894. The van der Waals surface area contributed by atoms with E-state index in [9.17, 15) is 4.79 Å². The molecule has 0 radical (unpaired) electrons. The molecule has 0 heterocycles. The van der Waals surface area contributed by atoms with Crippen LogP contribution in [0.5, 0.6) is 0 Å². The van der Waals surface area contributed by atoms with E-state index in [2.05, 4.69) is 0 Å². The monoisotopic (exact) mass is 228 g/mol. The fourth-order valence-electron chi connectivity index (χ4n) is 1.54. The van der Waals surface area contributed by atoms with Crippen molar-refractivity contribution in [1.82, 2.24) is 0 Å². The van der Waals surface area contributed by atoms with Gasteiger partial charge in [0.1, 0.15) is 6.79 Å². The molecule has 0 saturated carbocycles. The maximum Gasteiger partial charge on any atom is 0.336 e. The zero-order valence-electron chi connectivity index (χ0n) is 9.17. The van der Waals surface area contributed by atoms with Gasteiger partial charge in [-0.1, -0.05) is 48.5 Å². The topological polar surface area (TPSA) is 54.4 Å². The first-order valence-corrected chi connectivity index (χ1v) is 4.95. The second-order valence-corrected chi connectivity index (χ2v) is 3.22. The Morgan fingerprint density at radius 3 is 2.00 bits per heavy atom. The first-order valence-electron chi connectivity index (χ1n) is 4.95. The summed E-state index contributed by atoms with van der Waals surface area (Å²) < 4.78 is 0. The van der Waals surface area contributed by atoms with Crippen molar-refractivity contribution in [1.29, 1.82) is 0 Å². The number of carboxylic acid groups (broad SMARTS) is 1. The Labute approximate surface area is 99.3 Å². The number of carbonyl (C=O) groups excluding carboxylic acids is 1. The largest absolute Gasteiger partial charge is 0.478 e. The molecule has 0 amide bonds. The quantitative estimate of drug-likeness (QED) is 0.859. The van der Waals surface area contributed by atoms with Crippen molar-refractivity contribution in [3.8, 4) is 11.1 Å². The fraction of sp³-hybridized carbons (Fsp3) is 0. The lowest BCUT2D eigenvalue weighted by Gasteiger charge is -2.05. The lowest BCUT2D eigenvalue weighted by Crippen LogP contribution is -1.98. The third-order valence-electron chi connectivity index (χ3n) is 2.24. The number of hydrogen-bond donors (Lipinski definition) is 1. The Kier molecular flexibility index (Phi) is 4.63. The van der Waals surface area contributed by atoms with Gasteiger partial charge in [-0.2, -0.15) is 0 Å². The molecule has 3 nitrogen and oxygen atoms in total. The van der Waals surface area contributed by atoms with Gasteiger partial charge in [0.2, 0.25) is 0 Å². The highest BCUT2D eigenvalue weighted by atomic mass is 16.4. The molecule has 0 aliphatic heterocycles. The van der Waals surface area contributed by atoms with Gasteiger partial charge in [0.15, 0.2) is 0 Å². The molecule has 3 heteroatoms. The van der Waals surface area contributed by atoms with Crippen LogP contribution in [0, 0.1) is 0 Å². The van der Waals surface area contributed by atoms with Crippen LogP contribution in [0.1, 0.15) is 10.4 Å². The Balaban J connectivity index is 0.000000686. The minimum Gasteiger partial charge on any atom is -0.478 e. The van der Waals surface area contributed by atoms with Crippen molar-refractivity contribution in [3.05, 3.63) is 60.2 Å². The van der Waals surface area contributed by atoms with Crippen LogP contribution < -0.4 is 0 Å². The molecule has 0 unspecified atom stereocenters. The number of carbonyl (C=O) groups is 2. The maximum atomic E-state index is 11.0. The third-order valence-corrected chi connectivity index (χ3v) is 2.24. The molecule has 17 heavy (non-hydrogen) atoms. The zero-order chi connectivity index (χ0) is 12.7. The van der Waals surface area contributed by atoms with Crippen LogP contribution in [0.3, 0.4) is 0 Å². The molecular formula is C14H12O3. The van der Waals surface area contributed by atoms with E-state index in [0.29, 0.717) is 5.56 Å². The summed E-state index contributed by atoms with van der Waals surface area (Å²) in [6, 6.07) is 16.5. The molecule has 2 aromatic carbocycles. The summed E-state index contributed by atoms with van der Waals surface area (Å²) in [5, 5.41) is 9.03. The zero-order valence-corrected chi connectivity index (χ0v) is 9.17. The second kappa shape index (κ2) is 6.23. The normalized spacial score (nSPS) is 8.94. The van der Waals surface area contributed by atoms with Crippen LogP contribution in [0.15, 0.2) is 54.6 Å². The standard InChI is InChI=1S/C13H10O2.CH2O/c14-13(15)12-9-5-4-8-11(12)10-6-2-1-3-7-10;1-2/h1-9H,(H,14,15);1H2. The van der Waals surface area contributed by atoms with Crippen molar-refractivity contribution in [2.45, 2.75) is 0 Å². The fourth-order valence-corrected chi connectivity index (χ4v) is 1.54. The van der Waals surface area contributed by atoms with Crippen molar-refractivity contribution < 1.29 is 14.7 Å². The Bertz CT molecular complexity index is 492. The number of benzene rings is 2. The molecule has 86 valence electrons. The lowest BCUT2D eigenvalue weighted by atomic mass is 10.00. The van der Waals surface area contributed by atoms with Crippen LogP contribution in [0.2, 0.25) is 0 Å². The van der Waals surface area contributed by atoms with E-state index in [1.54, 1.807) is 12.1 Å². The molecular weight excluding hydrogens is 216 g/mol. The van der Waals surface area contributed by atoms with Crippen LogP contribution in [0.4, 0.5) is 0 Å². The predicted octanol–water partition coefficient (Wildman–Crippen LogP) is 2.87. The Morgan fingerprint density at radius 2 is 1.41 bits per heavy atom. The predicted molar refractivity (Wildman–Crippen MR) is 66.0 cm³/mol. The summed E-state index contributed by atoms with van der Waals surface area (Å²) in [6.07, 6.45) is 0. The first kappa shape index (κ1) is 12.6. The summed E-state index contributed by atoms with van der Waals surface area (Å²) >= 11 is 0. The van der Waals surface area contributed by atoms with Crippen LogP contribution >= 0.6 is 0 Å². The summed E-state index contributed by atoms with van der Waals surface area (Å²) in [5.74, 6) is -0.894. The average Bonchev–Trinajstić information content (AvgIpc) is 2.42. The van der Waals surface area contributed by atoms with E-state index in [-0.39, 0.29) is 0 Å². The molecule has 1 N–H and O–H groups in total.